The number of aromatic nitrogens is 3. The van der Waals surface area contributed by atoms with E-state index in [2.05, 4.69) is 11.1 Å². The second-order valence-electron chi connectivity index (χ2n) is 12.7. The highest BCUT2D eigenvalue weighted by molar-refractivity contribution is 5.90. The molecule has 2 saturated carbocycles. The van der Waals surface area contributed by atoms with Crippen molar-refractivity contribution >= 4 is 22.7 Å². The summed E-state index contributed by atoms with van der Waals surface area (Å²) in [7, 11) is 0. The molecule has 2 aliphatic carbocycles. The van der Waals surface area contributed by atoms with Gasteiger partial charge in [-0.15, -0.1) is 0 Å². The van der Waals surface area contributed by atoms with Crippen LogP contribution in [0.2, 0.25) is 0 Å². The zero-order valence-corrected chi connectivity index (χ0v) is 23.8. The summed E-state index contributed by atoms with van der Waals surface area (Å²) >= 11 is 0. The van der Waals surface area contributed by atoms with Crippen LogP contribution in [0.5, 0.6) is 0 Å². The fourth-order valence-corrected chi connectivity index (χ4v) is 6.43. The molecule has 1 amide bonds. The molecule has 2 atom stereocenters. The Morgan fingerprint density at radius 1 is 1.19 bits per heavy atom. The Morgan fingerprint density at radius 3 is 2.43 bits per heavy atom. The number of nitrogens with zero attached hydrogens (tertiary/aromatic N) is 5. The molecule has 3 heterocycles. The van der Waals surface area contributed by atoms with E-state index >= 15 is 4.39 Å². The highest BCUT2D eigenvalue weighted by atomic mass is 19.4. The first-order valence-electron chi connectivity index (χ1n) is 14.1. The summed E-state index contributed by atoms with van der Waals surface area (Å²) in [6.45, 7) is 7.66. The molecule has 3 fully saturated rings. The fraction of sp³-hybridized carbons (Fsp3) is 0.533. The van der Waals surface area contributed by atoms with Crippen molar-refractivity contribution < 1.29 is 27.1 Å². The van der Waals surface area contributed by atoms with E-state index in [-0.39, 0.29) is 59.5 Å². The number of ether oxygens (including phenoxy) is 1. The van der Waals surface area contributed by atoms with Crippen LogP contribution >= 0.6 is 0 Å². The van der Waals surface area contributed by atoms with Crippen LogP contribution < -0.4 is 5.73 Å². The number of hydrogen-bond donors (Lipinski definition) is 1. The van der Waals surface area contributed by atoms with E-state index in [0.29, 0.717) is 29.9 Å². The Hall–Kier alpha value is -3.88. The van der Waals surface area contributed by atoms with Crippen molar-refractivity contribution in [3.63, 3.8) is 0 Å². The number of alkyl halides is 3. The number of piperidine rings is 1. The van der Waals surface area contributed by atoms with Gasteiger partial charge in [-0.1, -0.05) is 0 Å². The van der Waals surface area contributed by atoms with Crippen molar-refractivity contribution in [2.45, 2.75) is 77.1 Å². The first kappa shape index (κ1) is 28.2. The summed E-state index contributed by atoms with van der Waals surface area (Å²) in [6.07, 6.45) is -3.43. The topological polar surface area (TPSA) is 110 Å². The molecule has 42 heavy (non-hydrogen) atoms. The normalized spacial score (nSPS) is 21.9. The average molecular weight is 585 g/mol. The van der Waals surface area contributed by atoms with Gasteiger partial charge in [0.2, 0.25) is 0 Å². The number of rotatable bonds is 5. The van der Waals surface area contributed by atoms with Gasteiger partial charge in [0.1, 0.15) is 16.8 Å². The number of carbonyl (C=O) groups excluding carboxylic acids is 1. The molecule has 0 spiro atoms. The van der Waals surface area contributed by atoms with Crippen molar-refractivity contribution in [3.8, 4) is 17.3 Å². The molecule has 1 aromatic carbocycles. The number of nitrogen functional groups attached to an aromatic ring is 1. The molecular weight excluding hydrogens is 552 g/mol. The summed E-state index contributed by atoms with van der Waals surface area (Å²) in [4.78, 5) is 18.8. The summed E-state index contributed by atoms with van der Waals surface area (Å²) in [5.74, 6) is -0.737. The molecule has 2 unspecified atom stereocenters. The number of likely N-dealkylation sites (tertiary alicyclic amines) is 1. The van der Waals surface area contributed by atoms with E-state index in [1.165, 1.54) is 13.0 Å². The number of halogens is 4. The van der Waals surface area contributed by atoms with Gasteiger partial charge in [0.05, 0.1) is 29.1 Å². The standard InChI is InChI=1S/C30H32F4N6O2/c1-14-10-15(36)11-17(23(14)30(32,33)34)25-24(31)27-22(20(37-25)6-5-9-35)26(38-40(27)16-7-8-16)21-18-12-39(13-19(18)21)28(41)42-29(2,3)4/h10-11,16,18-19,21H,5-8,12-13,36H2,1-4H3. The van der Waals surface area contributed by atoms with Crippen molar-refractivity contribution in [2.24, 2.45) is 11.8 Å². The number of benzene rings is 1. The molecule has 3 aromatic rings. The minimum absolute atomic E-state index is 0.0489. The molecule has 3 aliphatic rings. The monoisotopic (exact) mass is 584 g/mol. The van der Waals surface area contributed by atoms with E-state index in [4.69, 9.17) is 15.6 Å². The van der Waals surface area contributed by atoms with Gasteiger partial charge in [0, 0.05) is 48.5 Å². The molecule has 1 aliphatic heterocycles. The summed E-state index contributed by atoms with van der Waals surface area (Å²) in [5, 5.41) is 14.7. The number of aryl methyl sites for hydroxylation is 2. The van der Waals surface area contributed by atoms with E-state index in [0.717, 1.165) is 18.9 Å². The third-order valence-corrected chi connectivity index (χ3v) is 8.31. The minimum Gasteiger partial charge on any atom is -0.444 e. The van der Waals surface area contributed by atoms with E-state index < -0.39 is 34.4 Å². The molecule has 1 saturated heterocycles. The predicted octanol–water partition coefficient (Wildman–Crippen LogP) is 6.52. The van der Waals surface area contributed by atoms with Gasteiger partial charge in [-0.2, -0.15) is 23.5 Å². The zero-order valence-electron chi connectivity index (χ0n) is 23.8. The lowest BCUT2D eigenvalue weighted by Gasteiger charge is -2.25. The van der Waals surface area contributed by atoms with Crippen LogP contribution in [0.1, 0.15) is 74.5 Å². The Kier molecular flexibility index (Phi) is 6.44. The lowest BCUT2D eigenvalue weighted by atomic mass is 9.95. The second-order valence-corrected chi connectivity index (χ2v) is 12.7. The van der Waals surface area contributed by atoms with Crippen LogP contribution in [0.25, 0.3) is 22.2 Å². The van der Waals surface area contributed by atoms with Crippen molar-refractivity contribution in [2.75, 3.05) is 18.8 Å². The number of fused-ring (bicyclic) bond motifs is 2. The molecule has 8 nitrogen and oxygen atoms in total. The molecule has 0 radical (unpaired) electrons. The lowest BCUT2D eigenvalue weighted by Crippen LogP contribution is -2.36. The smallest absolute Gasteiger partial charge is 0.417 e. The fourth-order valence-electron chi connectivity index (χ4n) is 6.43. The van der Waals surface area contributed by atoms with Crippen LogP contribution in [-0.2, 0) is 17.3 Å². The van der Waals surface area contributed by atoms with E-state index in [1.54, 1.807) is 9.58 Å². The largest absolute Gasteiger partial charge is 0.444 e. The van der Waals surface area contributed by atoms with Crippen LogP contribution in [-0.4, -0.2) is 44.4 Å². The summed E-state index contributed by atoms with van der Waals surface area (Å²) in [5.41, 5.74) is 4.47. The lowest BCUT2D eigenvalue weighted by molar-refractivity contribution is -0.137. The first-order chi connectivity index (χ1) is 19.7. The Labute approximate surface area is 240 Å². The molecule has 6 rings (SSSR count). The Morgan fingerprint density at radius 2 is 1.86 bits per heavy atom. The molecule has 2 aromatic heterocycles. The summed E-state index contributed by atoms with van der Waals surface area (Å²) < 4.78 is 66.4. The number of anilines is 1. The maximum Gasteiger partial charge on any atom is 0.417 e. The quantitative estimate of drug-likeness (QED) is 0.270. The number of carbonyl (C=O) groups is 1. The van der Waals surface area contributed by atoms with Gasteiger partial charge in [0.15, 0.2) is 5.82 Å². The van der Waals surface area contributed by atoms with Gasteiger partial charge >= 0.3 is 12.3 Å². The molecule has 222 valence electrons. The third kappa shape index (κ3) is 4.82. The maximum atomic E-state index is 16.6. The van der Waals surface area contributed by atoms with Gasteiger partial charge in [-0.3, -0.25) is 4.68 Å². The van der Waals surface area contributed by atoms with Crippen molar-refractivity contribution in [1.82, 2.24) is 19.7 Å². The first-order valence-corrected chi connectivity index (χ1v) is 14.1. The van der Waals surface area contributed by atoms with Crippen LogP contribution in [0.3, 0.4) is 0 Å². The van der Waals surface area contributed by atoms with Crippen molar-refractivity contribution in [1.29, 1.82) is 5.26 Å². The Balaban J connectivity index is 1.48. The van der Waals surface area contributed by atoms with E-state index in [9.17, 15) is 23.2 Å². The second kappa shape index (κ2) is 9.57. The van der Waals surface area contributed by atoms with Gasteiger partial charge in [0.25, 0.3) is 0 Å². The molecule has 0 bridgehead atoms. The zero-order chi connectivity index (χ0) is 30.3. The van der Waals surface area contributed by atoms with Crippen LogP contribution in [0, 0.1) is 35.9 Å². The van der Waals surface area contributed by atoms with Gasteiger partial charge in [-0.05, 0) is 70.1 Å². The number of amides is 1. The maximum absolute atomic E-state index is 16.6. The number of hydrogen-bond acceptors (Lipinski definition) is 6. The number of pyridine rings is 1. The SMILES string of the molecule is Cc1cc(N)cc(-c2nc(CCC#N)c3c(C4C5CN(C(=O)OC(C)(C)C)CC54)nn(C4CC4)c3c2F)c1C(F)(F)F. The predicted molar refractivity (Wildman–Crippen MR) is 147 cm³/mol. The average Bonchev–Trinajstić information content (AvgIpc) is 3.75. The van der Waals surface area contributed by atoms with Gasteiger partial charge < -0.3 is 15.4 Å². The summed E-state index contributed by atoms with van der Waals surface area (Å²) in [6, 6.07) is 4.31. The van der Waals surface area contributed by atoms with E-state index in [1.807, 2.05) is 20.8 Å². The highest BCUT2D eigenvalue weighted by Gasteiger charge is 2.59. The Bertz CT molecular complexity index is 1630. The molecular formula is C30H32F4N6O2. The third-order valence-electron chi connectivity index (χ3n) is 8.31. The van der Waals surface area contributed by atoms with Crippen molar-refractivity contribution in [3.05, 3.63) is 40.5 Å². The molecule has 2 N–H and O–H groups in total. The van der Waals surface area contributed by atoms with Gasteiger partial charge in [-0.25, -0.2) is 14.2 Å². The minimum atomic E-state index is -4.77. The molecule has 12 heteroatoms. The highest BCUT2D eigenvalue weighted by Crippen LogP contribution is 2.60. The van der Waals surface area contributed by atoms with Crippen LogP contribution in [0.15, 0.2) is 12.1 Å². The number of nitrogens with two attached hydrogens (primary N) is 1. The van der Waals surface area contributed by atoms with Crippen LogP contribution in [0.4, 0.5) is 28.0 Å². The number of nitriles is 1.